The van der Waals surface area contributed by atoms with Gasteiger partial charge in [-0.25, -0.2) is 0 Å². The molecular formula is C25H34O2Si3. The Balaban J connectivity index is 2.51. The zero-order valence-electron chi connectivity index (χ0n) is 19.4. The van der Waals surface area contributed by atoms with E-state index in [0.29, 0.717) is 6.61 Å². The SMILES string of the molecule is CC(C#C[Si](C)(C)C)O[Si](OCC#C[Si](C)(C)C)(c1ccccc1)c1ccccc1. The van der Waals surface area contributed by atoms with Gasteiger partial charge in [0.1, 0.15) is 22.3 Å². The molecule has 0 aliphatic rings. The molecule has 0 N–H and O–H groups in total. The molecule has 1 unspecified atom stereocenters. The fraction of sp³-hybridized carbons (Fsp3) is 0.360. The Labute approximate surface area is 186 Å². The maximum atomic E-state index is 6.75. The average Bonchev–Trinajstić information content (AvgIpc) is 2.69. The fourth-order valence-corrected chi connectivity index (χ4v) is 7.19. The summed E-state index contributed by atoms with van der Waals surface area (Å²) in [5, 5.41) is 2.15. The molecule has 30 heavy (non-hydrogen) atoms. The van der Waals surface area contributed by atoms with Crippen LogP contribution in [-0.4, -0.2) is 37.4 Å². The van der Waals surface area contributed by atoms with Gasteiger partial charge in [-0.2, -0.15) is 0 Å². The molecule has 0 saturated carbocycles. The fourth-order valence-electron chi connectivity index (χ4n) is 2.85. The summed E-state index contributed by atoms with van der Waals surface area (Å²) in [6, 6.07) is 20.6. The lowest BCUT2D eigenvalue weighted by Gasteiger charge is -2.32. The third-order valence-corrected chi connectivity index (χ3v) is 9.36. The van der Waals surface area contributed by atoms with Crippen LogP contribution < -0.4 is 10.4 Å². The van der Waals surface area contributed by atoms with Gasteiger partial charge in [0.05, 0.1) is 6.61 Å². The Morgan fingerprint density at radius 2 is 1.20 bits per heavy atom. The third kappa shape index (κ3) is 7.75. The van der Waals surface area contributed by atoms with Crippen molar-refractivity contribution in [3.63, 3.8) is 0 Å². The molecule has 158 valence electrons. The zero-order valence-corrected chi connectivity index (χ0v) is 22.4. The minimum absolute atomic E-state index is 0.228. The highest BCUT2D eigenvalue weighted by Crippen LogP contribution is 2.13. The minimum atomic E-state index is -2.98. The van der Waals surface area contributed by atoms with E-state index in [4.69, 9.17) is 8.85 Å². The van der Waals surface area contributed by atoms with Gasteiger partial charge in [-0.1, -0.05) is 112 Å². The molecule has 2 rings (SSSR count). The summed E-state index contributed by atoms with van der Waals surface area (Å²) in [6.45, 7) is 15.8. The molecule has 1 atom stereocenters. The van der Waals surface area contributed by atoms with Gasteiger partial charge in [-0.3, -0.25) is 0 Å². The summed E-state index contributed by atoms with van der Waals surface area (Å²) >= 11 is 0. The molecule has 0 aliphatic heterocycles. The molecular weight excluding hydrogens is 417 g/mol. The highest BCUT2D eigenvalue weighted by atomic mass is 28.4. The van der Waals surface area contributed by atoms with Crippen molar-refractivity contribution in [2.45, 2.75) is 52.3 Å². The van der Waals surface area contributed by atoms with E-state index >= 15 is 0 Å². The van der Waals surface area contributed by atoms with Crippen molar-refractivity contribution in [1.29, 1.82) is 0 Å². The summed E-state index contributed by atoms with van der Waals surface area (Å²) in [7, 11) is -5.93. The smallest absolute Gasteiger partial charge is 0.376 e. The van der Waals surface area contributed by atoms with Crippen LogP contribution in [0.15, 0.2) is 60.7 Å². The highest BCUT2D eigenvalue weighted by molar-refractivity contribution is 6.92. The van der Waals surface area contributed by atoms with E-state index in [1.54, 1.807) is 0 Å². The van der Waals surface area contributed by atoms with Gasteiger partial charge in [0.15, 0.2) is 0 Å². The molecule has 2 nitrogen and oxygen atoms in total. The summed E-state index contributed by atoms with van der Waals surface area (Å²) < 4.78 is 13.4. The van der Waals surface area contributed by atoms with Gasteiger partial charge < -0.3 is 8.85 Å². The highest BCUT2D eigenvalue weighted by Gasteiger charge is 2.44. The molecule has 0 spiro atoms. The molecule has 0 bridgehead atoms. The van der Waals surface area contributed by atoms with Crippen LogP contribution in [0.4, 0.5) is 0 Å². The largest absolute Gasteiger partial charge is 0.408 e. The van der Waals surface area contributed by atoms with Crippen molar-refractivity contribution in [1.82, 2.24) is 0 Å². The van der Waals surface area contributed by atoms with Gasteiger partial charge in [0.2, 0.25) is 0 Å². The van der Waals surface area contributed by atoms with E-state index in [-0.39, 0.29) is 6.10 Å². The van der Waals surface area contributed by atoms with Crippen LogP contribution in [0.25, 0.3) is 0 Å². The molecule has 0 radical (unpaired) electrons. The molecule has 0 amide bonds. The second-order valence-electron chi connectivity index (χ2n) is 9.47. The molecule has 2 aromatic carbocycles. The van der Waals surface area contributed by atoms with Crippen LogP contribution in [0.1, 0.15) is 6.92 Å². The Kier molecular flexibility index (Phi) is 8.49. The topological polar surface area (TPSA) is 18.5 Å². The van der Waals surface area contributed by atoms with Gasteiger partial charge >= 0.3 is 8.56 Å². The van der Waals surface area contributed by atoms with Crippen LogP contribution in [0.2, 0.25) is 39.3 Å². The van der Waals surface area contributed by atoms with E-state index in [1.807, 2.05) is 43.3 Å². The summed E-state index contributed by atoms with van der Waals surface area (Å²) in [4.78, 5) is 0. The molecule has 0 aliphatic carbocycles. The van der Waals surface area contributed by atoms with Crippen molar-refractivity contribution in [2.75, 3.05) is 6.61 Å². The van der Waals surface area contributed by atoms with Gasteiger partial charge in [-0.15, -0.1) is 11.1 Å². The minimum Gasteiger partial charge on any atom is -0.376 e. The van der Waals surface area contributed by atoms with Crippen molar-refractivity contribution >= 4 is 35.1 Å². The Hall–Kier alpha value is -1.87. The number of hydrogen-bond donors (Lipinski definition) is 0. The Bertz CT molecular complexity index is 882. The van der Waals surface area contributed by atoms with E-state index in [9.17, 15) is 0 Å². The maximum absolute atomic E-state index is 6.75. The molecule has 0 heterocycles. The maximum Gasteiger partial charge on any atom is 0.408 e. The lowest BCUT2D eigenvalue weighted by Crippen LogP contribution is -2.64. The predicted octanol–water partition coefficient (Wildman–Crippen LogP) is 4.43. The quantitative estimate of drug-likeness (QED) is 0.479. The van der Waals surface area contributed by atoms with Crippen LogP contribution in [0.5, 0.6) is 0 Å². The second-order valence-corrected chi connectivity index (χ2v) is 21.9. The van der Waals surface area contributed by atoms with E-state index in [2.05, 4.69) is 86.5 Å². The number of benzene rings is 2. The normalized spacial score (nSPS) is 12.9. The van der Waals surface area contributed by atoms with Crippen LogP contribution in [-0.2, 0) is 8.85 Å². The first-order chi connectivity index (χ1) is 14.0. The van der Waals surface area contributed by atoms with Gasteiger partial charge in [-0.05, 0) is 17.3 Å². The first-order valence-corrected chi connectivity index (χ1v) is 19.3. The van der Waals surface area contributed by atoms with E-state index in [1.165, 1.54) is 0 Å². The summed E-state index contributed by atoms with van der Waals surface area (Å²) in [5.41, 5.74) is 6.85. The van der Waals surface area contributed by atoms with Crippen LogP contribution in [0.3, 0.4) is 0 Å². The second kappa shape index (κ2) is 10.4. The molecule has 2 aromatic rings. The van der Waals surface area contributed by atoms with Crippen LogP contribution >= 0.6 is 0 Å². The van der Waals surface area contributed by atoms with E-state index in [0.717, 1.165) is 10.4 Å². The Morgan fingerprint density at radius 1 is 0.733 bits per heavy atom. The van der Waals surface area contributed by atoms with Gasteiger partial charge in [0, 0.05) is 0 Å². The van der Waals surface area contributed by atoms with E-state index < -0.39 is 24.7 Å². The van der Waals surface area contributed by atoms with Crippen molar-refractivity contribution in [2.24, 2.45) is 0 Å². The van der Waals surface area contributed by atoms with Crippen molar-refractivity contribution in [3.8, 4) is 22.9 Å². The zero-order chi connectivity index (χ0) is 22.3. The Morgan fingerprint density at radius 3 is 1.63 bits per heavy atom. The lowest BCUT2D eigenvalue weighted by atomic mass is 10.4. The van der Waals surface area contributed by atoms with Crippen LogP contribution in [0, 0.1) is 22.9 Å². The molecule has 0 aromatic heterocycles. The van der Waals surface area contributed by atoms with Crippen molar-refractivity contribution in [3.05, 3.63) is 60.7 Å². The average molecular weight is 451 g/mol. The molecule has 0 saturated heterocycles. The monoisotopic (exact) mass is 450 g/mol. The van der Waals surface area contributed by atoms with Crippen molar-refractivity contribution < 1.29 is 8.85 Å². The third-order valence-electron chi connectivity index (χ3n) is 4.11. The summed E-state index contributed by atoms with van der Waals surface area (Å²) in [5.74, 6) is 6.61. The number of rotatable bonds is 6. The standard InChI is InChI=1S/C25H34O2Si3/c1-23(19-22-29(5,6)7)27-30(24-15-10-8-11-16-24,25-17-12-9-13-18-25)26-20-14-21-28(2,3)4/h8-13,15-18,23H,20H2,1-7H3. The first kappa shape index (κ1) is 24.4. The summed E-state index contributed by atoms with van der Waals surface area (Å²) in [6.07, 6.45) is -0.228. The first-order valence-electron chi connectivity index (χ1n) is 10.5. The lowest BCUT2D eigenvalue weighted by molar-refractivity contribution is 0.187. The molecule has 5 heteroatoms. The molecule has 0 fully saturated rings. The van der Waals surface area contributed by atoms with Gasteiger partial charge in [0.25, 0.3) is 0 Å². The predicted molar refractivity (Wildman–Crippen MR) is 137 cm³/mol. The number of hydrogen-bond acceptors (Lipinski definition) is 2.